The Kier molecular flexibility index (Phi) is 7.96. The zero-order valence-corrected chi connectivity index (χ0v) is 22.4. The van der Waals surface area contributed by atoms with Crippen LogP contribution in [0.5, 0.6) is 0 Å². The van der Waals surface area contributed by atoms with E-state index in [-0.39, 0.29) is 35.4 Å². The summed E-state index contributed by atoms with van der Waals surface area (Å²) in [5.74, 6) is -0.458. The highest BCUT2D eigenvalue weighted by Gasteiger charge is 2.33. The highest BCUT2D eigenvalue weighted by Crippen LogP contribution is 2.35. The minimum atomic E-state index is -0.296. The van der Waals surface area contributed by atoms with Crippen LogP contribution in [0.2, 0.25) is 0 Å². The molecule has 0 N–H and O–H groups in total. The summed E-state index contributed by atoms with van der Waals surface area (Å²) in [7, 11) is 0. The first-order valence-electron chi connectivity index (χ1n) is 13.6. The third kappa shape index (κ3) is 5.67. The maximum atomic E-state index is 13.3. The first-order valence-corrected chi connectivity index (χ1v) is 13.6. The van der Waals surface area contributed by atoms with Crippen LogP contribution in [-0.4, -0.2) is 34.8 Å². The Morgan fingerprint density at radius 1 is 0.897 bits per heavy atom. The van der Waals surface area contributed by atoms with Gasteiger partial charge < -0.3 is 9.64 Å². The highest BCUT2D eigenvalue weighted by atomic mass is 19.1. The Balaban J connectivity index is 1.27. The van der Waals surface area contributed by atoms with Crippen molar-refractivity contribution in [1.82, 2.24) is 9.13 Å². The number of hydrogen-bond acceptors (Lipinski definition) is 4. The minimum absolute atomic E-state index is 0.141. The van der Waals surface area contributed by atoms with Gasteiger partial charge in [-0.1, -0.05) is 42.5 Å². The molecule has 1 saturated heterocycles. The molecule has 3 aromatic carbocycles. The molecule has 7 heteroatoms. The van der Waals surface area contributed by atoms with Gasteiger partial charge >= 0.3 is 11.7 Å². The molecule has 1 aliphatic rings. The van der Waals surface area contributed by atoms with Gasteiger partial charge in [0.25, 0.3) is 0 Å². The molecule has 1 aromatic heterocycles. The minimum Gasteiger partial charge on any atom is -0.466 e. The number of anilines is 1. The second kappa shape index (κ2) is 11.7. The van der Waals surface area contributed by atoms with E-state index in [4.69, 9.17) is 4.74 Å². The molecule has 2 heterocycles. The zero-order valence-electron chi connectivity index (χ0n) is 22.4. The standard InChI is InChI=1S/C32H34FN3O3/c1-3-39-31(37)30(25-7-5-4-6-8-25)26-17-19-34(20-18-26)28-13-15-29(16-14-28)36-22-21-35(32(36)38)23(2)24-9-11-27(33)12-10-24/h4-16,21-23,26,30H,3,17-20H2,1-2H3/t23-,30?/m0/s1. The topological polar surface area (TPSA) is 56.5 Å². The van der Waals surface area contributed by atoms with Crippen molar-refractivity contribution in [3.05, 3.63) is 119 Å². The second-order valence-corrected chi connectivity index (χ2v) is 10.1. The second-order valence-electron chi connectivity index (χ2n) is 10.1. The third-order valence-electron chi connectivity index (χ3n) is 7.78. The van der Waals surface area contributed by atoms with E-state index < -0.39 is 0 Å². The molecule has 5 rings (SSSR count). The lowest BCUT2D eigenvalue weighted by atomic mass is 9.80. The normalized spacial score (nSPS) is 15.6. The van der Waals surface area contributed by atoms with E-state index in [1.54, 1.807) is 33.7 Å². The van der Waals surface area contributed by atoms with Gasteiger partial charge in [-0.3, -0.25) is 13.9 Å². The van der Waals surface area contributed by atoms with E-state index in [2.05, 4.69) is 4.90 Å². The van der Waals surface area contributed by atoms with Gasteiger partial charge in [0, 0.05) is 31.2 Å². The van der Waals surface area contributed by atoms with Crippen LogP contribution in [-0.2, 0) is 9.53 Å². The molecule has 0 bridgehead atoms. The first kappa shape index (κ1) is 26.5. The summed E-state index contributed by atoms with van der Waals surface area (Å²) in [6.45, 7) is 5.85. The van der Waals surface area contributed by atoms with E-state index in [9.17, 15) is 14.0 Å². The summed E-state index contributed by atoms with van der Waals surface area (Å²) in [6.07, 6.45) is 5.32. The van der Waals surface area contributed by atoms with Crippen molar-refractivity contribution < 1.29 is 13.9 Å². The fourth-order valence-corrected chi connectivity index (χ4v) is 5.59. The quantitative estimate of drug-likeness (QED) is 0.266. The summed E-state index contributed by atoms with van der Waals surface area (Å²) >= 11 is 0. The van der Waals surface area contributed by atoms with Crippen molar-refractivity contribution in [2.75, 3.05) is 24.6 Å². The molecule has 39 heavy (non-hydrogen) atoms. The first-order chi connectivity index (χ1) is 19.0. The molecule has 0 saturated carbocycles. The van der Waals surface area contributed by atoms with Crippen LogP contribution in [0.1, 0.15) is 49.8 Å². The van der Waals surface area contributed by atoms with Crippen molar-refractivity contribution in [1.29, 1.82) is 0 Å². The van der Waals surface area contributed by atoms with Gasteiger partial charge in [-0.15, -0.1) is 0 Å². The molecule has 4 aromatic rings. The lowest BCUT2D eigenvalue weighted by molar-refractivity contribution is -0.146. The number of imidazole rings is 1. The summed E-state index contributed by atoms with van der Waals surface area (Å²) in [4.78, 5) is 28.3. The van der Waals surface area contributed by atoms with Crippen LogP contribution in [0.3, 0.4) is 0 Å². The number of halogens is 1. The molecule has 1 fully saturated rings. The lowest BCUT2D eigenvalue weighted by Gasteiger charge is -2.36. The van der Waals surface area contributed by atoms with E-state index in [1.165, 1.54) is 12.1 Å². The maximum Gasteiger partial charge on any atom is 0.333 e. The maximum absolute atomic E-state index is 13.3. The number of carbonyl (C=O) groups excluding carboxylic acids is 1. The number of benzene rings is 3. The predicted octanol–water partition coefficient (Wildman–Crippen LogP) is 5.95. The number of ether oxygens (including phenoxy) is 1. The number of carbonyl (C=O) groups is 1. The van der Waals surface area contributed by atoms with Gasteiger partial charge in [-0.25, -0.2) is 9.18 Å². The monoisotopic (exact) mass is 527 g/mol. The lowest BCUT2D eigenvalue weighted by Crippen LogP contribution is -2.37. The van der Waals surface area contributed by atoms with Crippen LogP contribution in [0.4, 0.5) is 10.1 Å². The van der Waals surface area contributed by atoms with Crippen LogP contribution in [0, 0.1) is 11.7 Å². The Bertz CT molecular complexity index is 1440. The van der Waals surface area contributed by atoms with Crippen molar-refractivity contribution in [3.63, 3.8) is 0 Å². The van der Waals surface area contributed by atoms with Crippen LogP contribution >= 0.6 is 0 Å². The number of piperidine rings is 1. The molecule has 0 aliphatic carbocycles. The molecular weight excluding hydrogens is 493 g/mol. The van der Waals surface area contributed by atoms with Gasteiger partial charge in [0.2, 0.25) is 0 Å². The van der Waals surface area contributed by atoms with Gasteiger partial charge in [-0.2, -0.15) is 0 Å². The average Bonchev–Trinajstić information content (AvgIpc) is 3.35. The number of nitrogens with zero attached hydrogens (tertiary/aromatic N) is 3. The highest BCUT2D eigenvalue weighted by molar-refractivity contribution is 5.78. The van der Waals surface area contributed by atoms with E-state index in [1.807, 2.05) is 68.4 Å². The summed E-state index contributed by atoms with van der Waals surface area (Å²) in [6, 6.07) is 24.0. The van der Waals surface area contributed by atoms with Crippen molar-refractivity contribution >= 4 is 11.7 Å². The molecule has 2 atom stereocenters. The fraction of sp³-hybridized carbons (Fsp3) is 0.312. The number of aromatic nitrogens is 2. The predicted molar refractivity (Wildman–Crippen MR) is 151 cm³/mol. The molecule has 6 nitrogen and oxygen atoms in total. The Morgan fingerprint density at radius 3 is 2.18 bits per heavy atom. The average molecular weight is 528 g/mol. The molecule has 202 valence electrons. The SMILES string of the molecule is CCOC(=O)C(c1ccccc1)C1CCN(c2ccc(-n3ccn([C@@H](C)c4ccc(F)cc4)c3=O)cc2)CC1. The van der Waals surface area contributed by atoms with Crippen LogP contribution in [0.25, 0.3) is 5.69 Å². The number of hydrogen-bond donors (Lipinski definition) is 0. The fourth-order valence-electron chi connectivity index (χ4n) is 5.59. The van der Waals surface area contributed by atoms with Gasteiger partial charge in [0.05, 0.1) is 24.3 Å². The Labute approximate surface area is 228 Å². The summed E-state index contributed by atoms with van der Waals surface area (Å²) in [5.41, 5.74) is 3.62. The summed E-state index contributed by atoms with van der Waals surface area (Å²) in [5, 5.41) is 0. The van der Waals surface area contributed by atoms with Crippen molar-refractivity contribution in [2.24, 2.45) is 5.92 Å². The molecule has 0 radical (unpaired) electrons. The number of esters is 1. The molecule has 0 amide bonds. The van der Waals surface area contributed by atoms with E-state index in [0.29, 0.717) is 6.61 Å². The van der Waals surface area contributed by atoms with E-state index in [0.717, 1.165) is 48.4 Å². The molecule has 1 unspecified atom stereocenters. The van der Waals surface area contributed by atoms with Gasteiger partial charge in [0.15, 0.2) is 0 Å². The van der Waals surface area contributed by atoms with Crippen LogP contribution < -0.4 is 10.6 Å². The summed E-state index contributed by atoms with van der Waals surface area (Å²) < 4.78 is 22.0. The number of rotatable bonds is 8. The smallest absolute Gasteiger partial charge is 0.333 e. The van der Waals surface area contributed by atoms with E-state index >= 15 is 0 Å². The van der Waals surface area contributed by atoms with Crippen LogP contribution in [0.15, 0.2) is 96.1 Å². The molecule has 1 aliphatic heterocycles. The zero-order chi connectivity index (χ0) is 27.4. The van der Waals surface area contributed by atoms with Crippen molar-refractivity contribution in [3.8, 4) is 5.69 Å². The van der Waals surface area contributed by atoms with Crippen molar-refractivity contribution in [2.45, 2.75) is 38.6 Å². The van der Waals surface area contributed by atoms with Gasteiger partial charge in [-0.05, 0) is 80.1 Å². The molecule has 0 spiro atoms. The van der Waals surface area contributed by atoms with Gasteiger partial charge in [0.1, 0.15) is 5.82 Å². The Hall–Kier alpha value is -4.13. The largest absolute Gasteiger partial charge is 0.466 e. The Morgan fingerprint density at radius 2 is 1.54 bits per heavy atom. The third-order valence-corrected chi connectivity index (χ3v) is 7.78. The molecular formula is C32H34FN3O3.